The topological polar surface area (TPSA) is 72.2 Å². The second kappa shape index (κ2) is 7.22. The molecule has 0 amide bonds. The lowest BCUT2D eigenvalue weighted by atomic mass is 10.3. The van der Waals surface area contributed by atoms with E-state index in [-0.39, 0.29) is 0 Å². The van der Waals surface area contributed by atoms with Crippen molar-refractivity contribution in [1.82, 2.24) is 15.5 Å². The number of hydrogen-bond acceptors (Lipinski definition) is 6. The number of ether oxygens (including phenoxy) is 1. The number of aromatic nitrogens is 2. The molecule has 102 valence electrons. The summed E-state index contributed by atoms with van der Waals surface area (Å²) in [6, 6.07) is 8.11. The monoisotopic (exact) mass is 326 g/mol. The fourth-order valence-corrected chi connectivity index (χ4v) is 1.83. The van der Waals surface area contributed by atoms with Crippen LogP contribution in [0.4, 0.5) is 11.7 Å². The van der Waals surface area contributed by atoms with E-state index in [1.54, 1.807) is 7.11 Å². The van der Waals surface area contributed by atoms with Crippen molar-refractivity contribution < 1.29 is 9.15 Å². The van der Waals surface area contributed by atoms with E-state index in [1.807, 2.05) is 24.3 Å². The molecule has 6 nitrogen and oxygen atoms in total. The molecular formula is C12H15BrN4O2. The Labute approximate surface area is 119 Å². The lowest BCUT2D eigenvalue weighted by Crippen LogP contribution is -2.18. The van der Waals surface area contributed by atoms with Gasteiger partial charge in [0.05, 0.1) is 13.2 Å². The van der Waals surface area contributed by atoms with E-state index in [4.69, 9.17) is 9.15 Å². The quantitative estimate of drug-likeness (QED) is 0.761. The van der Waals surface area contributed by atoms with Gasteiger partial charge in [-0.2, -0.15) is 0 Å². The largest absolute Gasteiger partial charge is 0.406 e. The molecular weight excluding hydrogens is 312 g/mol. The molecule has 0 aliphatic carbocycles. The molecule has 1 heterocycles. The summed E-state index contributed by atoms with van der Waals surface area (Å²) in [7, 11) is 1.66. The Kier molecular flexibility index (Phi) is 5.31. The first kappa shape index (κ1) is 14.0. The molecule has 1 aromatic carbocycles. The van der Waals surface area contributed by atoms with Crippen LogP contribution in [-0.2, 0) is 11.3 Å². The first-order valence-corrected chi connectivity index (χ1v) is 6.62. The minimum atomic E-state index is 0.377. The van der Waals surface area contributed by atoms with Gasteiger partial charge < -0.3 is 19.8 Å². The van der Waals surface area contributed by atoms with Gasteiger partial charge in [-0.1, -0.05) is 27.1 Å². The Bertz CT molecular complexity index is 518. The van der Waals surface area contributed by atoms with Gasteiger partial charge in [0.15, 0.2) is 0 Å². The van der Waals surface area contributed by atoms with E-state index in [0.29, 0.717) is 25.1 Å². The summed E-state index contributed by atoms with van der Waals surface area (Å²) >= 11 is 3.40. The van der Waals surface area contributed by atoms with Gasteiger partial charge >= 0.3 is 6.01 Å². The van der Waals surface area contributed by atoms with Gasteiger partial charge in [0, 0.05) is 23.8 Å². The van der Waals surface area contributed by atoms with Gasteiger partial charge in [0.25, 0.3) is 0 Å². The van der Waals surface area contributed by atoms with Crippen LogP contribution in [0.25, 0.3) is 0 Å². The van der Waals surface area contributed by atoms with E-state index in [0.717, 1.165) is 16.7 Å². The first-order valence-electron chi connectivity index (χ1n) is 5.82. The van der Waals surface area contributed by atoms with E-state index in [1.165, 1.54) is 0 Å². The van der Waals surface area contributed by atoms with Gasteiger partial charge in [-0.15, -0.1) is 5.10 Å². The van der Waals surface area contributed by atoms with Crippen LogP contribution in [0.5, 0.6) is 0 Å². The van der Waals surface area contributed by atoms with Crippen LogP contribution in [0.3, 0.4) is 0 Å². The van der Waals surface area contributed by atoms with Gasteiger partial charge in [0.1, 0.15) is 0 Å². The average molecular weight is 327 g/mol. The molecule has 0 radical (unpaired) electrons. The van der Waals surface area contributed by atoms with Gasteiger partial charge in [-0.3, -0.25) is 0 Å². The maximum Gasteiger partial charge on any atom is 0.320 e. The second-order valence-electron chi connectivity index (χ2n) is 3.81. The van der Waals surface area contributed by atoms with Crippen molar-refractivity contribution in [2.45, 2.75) is 6.54 Å². The summed E-state index contributed by atoms with van der Waals surface area (Å²) in [6.45, 7) is 1.92. The van der Waals surface area contributed by atoms with Crippen LogP contribution >= 0.6 is 15.9 Å². The third kappa shape index (κ3) is 4.62. The Balaban J connectivity index is 1.87. The van der Waals surface area contributed by atoms with Crippen molar-refractivity contribution in [3.63, 3.8) is 0 Å². The van der Waals surface area contributed by atoms with Crippen molar-refractivity contribution in [3.8, 4) is 0 Å². The van der Waals surface area contributed by atoms with Crippen LogP contribution in [0.2, 0.25) is 0 Å². The third-order valence-electron chi connectivity index (χ3n) is 2.30. The van der Waals surface area contributed by atoms with Crippen molar-refractivity contribution in [2.75, 3.05) is 25.6 Å². The molecule has 0 spiro atoms. The summed E-state index contributed by atoms with van der Waals surface area (Å²) in [4.78, 5) is 0. The molecule has 2 N–H and O–H groups in total. The van der Waals surface area contributed by atoms with Crippen LogP contribution in [0.1, 0.15) is 5.89 Å². The molecule has 7 heteroatoms. The average Bonchev–Trinajstić information content (AvgIpc) is 2.82. The number of rotatable bonds is 7. The first-order chi connectivity index (χ1) is 9.28. The number of halogens is 1. The zero-order valence-corrected chi connectivity index (χ0v) is 12.1. The van der Waals surface area contributed by atoms with Gasteiger partial charge in [0.2, 0.25) is 5.89 Å². The summed E-state index contributed by atoms with van der Waals surface area (Å²) < 4.78 is 11.4. The lowest BCUT2D eigenvalue weighted by Gasteiger charge is -2.01. The Morgan fingerprint density at radius 2 is 2.26 bits per heavy atom. The summed E-state index contributed by atoms with van der Waals surface area (Å²) in [5, 5.41) is 14.0. The van der Waals surface area contributed by atoms with E-state index >= 15 is 0 Å². The van der Waals surface area contributed by atoms with Gasteiger partial charge in [-0.05, 0) is 18.2 Å². The summed E-state index contributed by atoms with van der Waals surface area (Å²) in [5.74, 6) is 0.536. The highest BCUT2D eigenvalue weighted by Gasteiger charge is 2.05. The van der Waals surface area contributed by atoms with Crippen LogP contribution < -0.4 is 10.6 Å². The number of hydrogen-bond donors (Lipinski definition) is 2. The van der Waals surface area contributed by atoms with E-state index in [9.17, 15) is 0 Å². The lowest BCUT2D eigenvalue weighted by molar-refractivity contribution is 0.198. The van der Waals surface area contributed by atoms with Crippen LogP contribution in [-0.4, -0.2) is 30.5 Å². The summed E-state index contributed by atoms with van der Waals surface area (Å²) in [6.07, 6.45) is 0. The molecule has 0 aliphatic rings. The Morgan fingerprint density at radius 1 is 1.37 bits per heavy atom. The number of nitrogens with zero attached hydrogens (tertiary/aromatic N) is 2. The molecule has 2 rings (SSSR count). The molecule has 0 atom stereocenters. The number of benzene rings is 1. The Morgan fingerprint density at radius 3 is 3.05 bits per heavy atom. The number of anilines is 2. The SMILES string of the molecule is COCCNCc1nnc(Nc2cccc(Br)c2)o1. The zero-order chi connectivity index (χ0) is 13.5. The molecule has 2 aromatic rings. The minimum absolute atomic E-state index is 0.377. The molecule has 0 saturated carbocycles. The van der Waals surface area contributed by atoms with Crippen molar-refractivity contribution in [2.24, 2.45) is 0 Å². The maximum absolute atomic E-state index is 5.46. The fraction of sp³-hybridized carbons (Fsp3) is 0.333. The molecule has 19 heavy (non-hydrogen) atoms. The Hall–Kier alpha value is -1.44. The fourth-order valence-electron chi connectivity index (χ4n) is 1.43. The molecule has 0 aliphatic heterocycles. The molecule has 0 saturated heterocycles. The van der Waals surface area contributed by atoms with Crippen LogP contribution in [0, 0.1) is 0 Å². The normalized spacial score (nSPS) is 10.6. The smallest absolute Gasteiger partial charge is 0.320 e. The number of nitrogens with one attached hydrogen (secondary N) is 2. The molecule has 0 unspecified atom stereocenters. The third-order valence-corrected chi connectivity index (χ3v) is 2.80. The summed E-state index contributed by atoms with van der Waals surface area (Å²) in [5.41, 5.74) is 0.886. The molecule has 0 fully saturated rings. The zero-order valence-electron chi connectivity index (χ0n) is 10.5. The van der Waals surface area contributed by atoms with E-state index in [2.05, 4.69) is 36.8 Å². The predicted octanol–water partition coefficient (Wildman–Crippen LogP) is 2.31. The minimum Gasteiger partial charge on any atom is -0.406 e. The van der Waals surface area contributed by atoms with Crippen molar-refractivity contribution >= 4 is 27.6 Å². The van der Waals surface area contributed by atoms with Crippen LogP contribution in [0.15, 0.2) is 33.2 Å². The van der Waals surface area contributed by atoms with Gasteiger partial charge in [-0.25, -0.2) is 0 Å². The van der Waals surface area contributed by atoms with Crippen molar-refractivity contribution in [3.05, 3.63) is 34.6 Å². The number of methoxy groups -OCH3 is 1. The highest BCUT2D eigenvalue weighted by Crippen LogP contribution is 2.19. The van der Waals surface area contributed by atoms with Crippen molar-refractivity contribution in [1.29, 1.82) is 0 Å². The predicted molar refractivity (Wildman–Crippen MR) is 75.3 cm³/mol. The molecule has 0 bridgehead atoms. The molecule has 1 aromatic heterocycles. The van der Waals surface area contributed by atoms with E-state index < -0.39 is 0 Å². The highest BCUT2D eigenvalue weighted by molar-refractivity contribution is 9.10. The second-order valence-corrected chi connectivity index (χ2v) is 4.72. The standard InChI is InChI=1S/C12H15BrN4O2/c1-18-6-5-14-8-11-16-17-12(19-11)15-10-4-2-3-9(13)7-10/h2-4,7,14H,5-6,8H2,1H3,(H,15,17). The highest BCUT2D eigenvalue weighted by atomic mass is 79.9. The maximum atomic E-state index is 5.46.